The molecule has 1 saturated heterocycles. The average molecular weight is 263 g/mol. The molecule has 102 valence electrons. The minimum atomic E-state index is -0.585. The van der Waals surface area contributed by atoms with Gasteiger partial charge in [-0.1, -0.05) is 6.07 Å². The molecule has 0 aliphatic carbocycles. The highest BCUT2D eigenvalue weighted by molar-refractivity contribution is 5.73. The molecule has 0 radical (unpaired) electrons. The van der Waals surface area contributed by atoms with E-state index in [0.29, 0.717) is 12.0 Å². The Kier molecular flexibility index (Phi) is 3.16. The molecule has 2 atom stereocenters. The van der Waals surface area contributed by atoms with Crippen LogP contribution in [-0.4, -0.2) is 22.4 Å². The number of aliphatic hydroxyl groups excluding tert-OH is 1. The Morgan fingerprint density at radius 2 is 2.37 bits per heavy atom. The van der Waals surface area contributed by atoms with E-state index in [1.54, 1.807) is 19.2 Å². The van der Waals surface area contributed by atoms with Crippen LogP contribution in [-0.2, 0) is 11.8 Å². The first-order chi connectivity index (χ1) is 9.15. The molecule has 1 fully saturated rings. The predicted molar refractivity (Wildman–Crippen MR) is 70.0 cm³/mol. The fourth-order valence-corrected chi connectivity index (χ4v) is 2.57. The average Bonchev–Trinajstić information content (AvgIpc) is 2.99. The third-order valence-corrected chi connectivity index (χ3v) is 3.71. The van der Waals surface area contributed by atoms with Crippen molar-refractivity contribution in [2.24, 2.45) is 7.05 Å². The second-order valence-electron chi connectivity index (χ2n) is 5.04. The summed E-state index contributed by atoms with van der Waals surface area (Å²) in [6.45, 7) is 0.782. The molecular formula is C14H17NO4. The van der Waals surface area contributed by atoms with Gasteiger partial charge in [-0.2, -0.15) is 0 Å². The summed E-state index contributed by atoms with van der Waals surface area (Å²) in [6.07, 6.45) is 2.19. The van der Waals surface area contributed by atoms with Crippen LogP contribution < -0.4 is 5.76 Å². The number of fused-ring (bicyclic) bond motifs is 1. The summed E-state index contributed by atoms with van der Waals surface area (Å²) in [5.41, 5.74) is 2.01. The molecule has 2 heterocycles. The molecule has 5 heteroatoms. The molecule has 0 amide bonds. The van der Waals surface area contributed by atoms with Gasteiger partial charge < -0.3 is 14.3 Å². The Morgan fingerprint density at radius 1 is 1.53 bits per heavy atom. The maximum Gasteiger partial charge on any atom is 0.419 e. The van der Waals surface area contributed by atoms with Crippen LogP contribution in [0.2, 0.25) is 0 Å². The van der Waals surface area contributed by atoms with Crippen molar-refractivity contribution in [1.29, 1.82) is 0 Å². The molecule has 1 aromatic heterocycles. The number of hydrogen-bond donors (Lipinski definition) is 1. The molecule has 1 aromatic carbocycles. The molecule has 2 aromatic rings. The van der Waals surface area contributed by atoms with Gasteiger partial charge >= 0.3 is 5.76 Å². The fourth-order valence-electron chi connectivity index (χ4n) is 2.57. The fraction of sp³-hybridized carbons (Fsp3) is 0.500. The van der Waals surface area contributed by atoms with Crippen molar-refractivity contribution in [3.63, 3.8) is 0 Å². The minimum absolute atomic E-state index is 0.133. The summed E-state index contributed by atoms with van der Waals surface area (Å²) in [5, 5.41) is 10.2. The number of hydrogen-bond acceptors (Lipinski definition) is 4. The number of oxazole rings is 1. The molecule has 5 nitrogen and oxygen atoms in total. The molecule has 0 spiro atoms. The predicted octanol–water partition coefficient (Wildman–Crippen LogP) is 1.73. The third-order valence-electron chi connectivity index (χ3n) is 3.71. The van der Waals surface area contributed by atoms with E-state index in [1.807, 2.05) is 6.07 Å². The Hall–Kier alpha value is -1.59. The van der Waals surface area contributed by atoms with Crippen LogP contribution in [0.15, 0.2) is 27.4 Å². The SMILES string of the molecule is Cn1c(=O)oc2cc(C(O)CC3CCCO3)ccc21. The zero-order chi connectivity index (χ0) is 13.4. The van der Waals surface area contributed by atoms with Gasteiger partial charge in [0.15, 0.2) is 5.58 Å². The van der Waals surface area contributed by atoms with Gasteiger partial charge in [-0.05, 0) is 30.5 Å². The van der Waals surface area contributed by atoms with Gasteiger partial charge in [-0.3, -0.25) is 4.57 Å². The highest BCUT2D eigenvalue weighted by atomic mass is 16.5. The van der Waals surface area contributed by atoms with E-state index in [2.05, 4.69) is 0 Å². The number of nitrogens with zero attached hydrogens (tertiary/aromatic N) is 1. The van der Waals surface area contributed by atoms with Crippen LogP contribution in [0.1, 0.15) is 30.9 Å². The lowest BCUT2D eigenvalue weighted by Crippen LogP contribution is -2.11. The minimum Gasteiger partial charge on any atom is -0.408 e. The van der Waals surface area contributed by atoms with Gasteiger partial charge in [0, 0.05) is 20.1 Å². The second kappa shape index (κ2) is 4.83. The lowest BCUT2D eigenvalue weighted by atomic mass is 10.0. The second-order valence-corrected chi connectivity index (χ2v) is 5.04. The highest BCUT2D eigenvalue weighted by Gasteiger charge is 2.21. The first kappa shape index (κ1) is 12.4. The number of benzene rings is 1. The third kappa shape index (κ3) is 2.31. The van der Waals surface area contributed by atoms with E-state index in [1.165, 1.54) is 4.57 Å². The lowest BCUT2D eigenvalue weighted by Gasteiger charge is -2.15. The van der Waals surface area contributed by atoms with Gasteiger partial charge in [0.1, 0.15) is 0 Å². The molecule has 0 bridgehead atoms. The molecule has 3 rings (SSSR count). The Labute approximate surface area is 110 Å². The summed E-state index contributed by atoms with van der Waals surface area (Å²) >= 11 is 0. The van der Waals surface area contributed by atoms with Crippen molar-refractivity contribution in [3.8, 4) is 0 Å². The Balaban J connectivity index is 1.85. The van der Waals surface area contributed by atoms with E-state index >= 15 is 0 Å². The van der Waals surface area contributed by atoms with Crippen LogP contribution in [0, 0.1) is 0 Å². The summed E-state index contributed by atoms with van der Waals surface area (Å²) in [5.74, 6) is -0.388. The summed E-state index contributed by atoms with van der Waals surface area (Å²) in [4.78, 5) is 11.4. The first-order valence-electron chi connectivity index (χ1n) is 6.54. The van der Waals surface area contributed by atoms with Crippen LogP contribution in [0.5, 0.6) is 0 Å². The van der Waals surface area contributed by atoms with Crippen molar-refractivity contribution >= 4 is 11.1 Å². The molecule has 1 N–H and O–H groups in total. The van der Waals surface area contributed by atoms with Crippen molar-refractivity contribution < 1.29 is 14.3 Å². The first-order valence-corrected chi connectivity index (χ1v) is 6.54. The number of aryl methyl sites for hydroxylation is 1. The maximum atomic E-state index is 11.4. The molecule has 1 aliphatic heterocycles. The van der Waals surface area contributed by atoms with Gasteiger partial charge in [0.05, 0.1) is 17.7 Å². The zero-order valence-corrected chi connectivity index (χ0v) is 10.8. The molecule has 1 aliphatic rings. The smallest absolute Gasteiger partial charge is 0.408 e. The zero-order valence-electron chi connectivity index (χ0n) is 10.8. The van der Waals surface area contributed by atoms with Crippen LogP contribution >= 0.6 is 0 Å². The summed E-state index contributed by atoms with van der Waals surface area (Å²) < 4.78 is 12.1. The Morgan fingerprint density at radius 3 is 3.11 bits per heavy atom. The van der Waals surface area contributed by atoms with Gasteiger partial charge in [0.25, 0.3) is 0 Å². The van der Waals surface area contributed by atoms with Crippen molar-refractivity contribution in [2.75, 3.05) is 6.61 Å². The standard InChI is InChI=1S/C14H17NO4/c1-15-11-5-4-9(7-13(11)19-14(15)17)12(16)8-10-3-2-6-18-10/h4-5,7,10,12,16H,2-3,6,8H2,1H3. The largest absolute Gasteiger partial charge is 0.419 e. The van der Waals surface area contributed by atoms with Crippen LogP contribution in [0.4, 0.5) is 0 Å². The summed E-state index contributed by atoms with van der Waals surface area (Å²) in [6, 6.07) is 5.36. The molecule has 2 unspecified atom stereocenters. The topological polar surface area (TPSA) is 64.6 Å². The van der Waals surface area contributed by atoms with Gasteiger partial charge in [0.2, 0.25) is 0 Å². The van der Waals surface area contributed by atoms with Crippen molar-refractivity contribution in [2.45, 2.75) is 31.5 Å². The number of ether oxygens (including phenoxy) is 1. The van der Waals surface area contributed by atoms with Crippen LogP contribution in [0.3, 0.4) is 0 Å². The van der Waals surface area contributed by atoms with Crippen LogP contribution in [0.25, 0.3) is 11.1 Å². The lowest BCUT2D eigenvalue weighted by molar-refractivity contribution is 0.0535. The summed E-state index contributed by atoms with van der Waals surface area (Å²) in [7, 11) is 1.66. The highest BCUT2D eigenvalue weighted by Crippen LogP contribution is 2.26. The maximum absolute atomic E-state index is 11.4. The van der Waals surface area contributed by atoms with Crippen molar-refractivity contribution in [1.82, 2.24) is 4.57 Å². The Bertz CT molecular complexity index is 636. The number of aromatic nitrogens is 1. The number of rotatable bonds is 3. The molecule has 19 heavy (non-hydrogen) atoms. The van der Waals surface area contributed by atoms with E-state index < -0.39 is 6.10 Å². The normalized spacial score (nSPS) is 21.1. The molecular weight excluding hydrogens is 246 g/mol. The van der Waals surface area contributed by atoms with E-state index in [4.69, 9.17) is 9.15 Å². The monoisotopic (exact) mass is 263 g/mol. The van der Waals surface area contributed by atoms with E-state index in [-0.39, 0.29) is 11.9 Å². The van der Waals surface area contributed by atoms with Crippen molar-refractivity contribution in [3.05, 3.63) is 34.3 Å². The quantitative estimate of drug-likeness (QED) is 0.916. The molecule has 0 saturated carbocycles. The van der Waals surface area contributed by atoms with Gasteiger partial charge in [-0.25, -0.2) is 4.79 Å². The number of aliphatic hydroxyl groups is 1. The van der Waals surface area contributed by atoms with E-state index in [9.17, 15) is 9.90 Å². The van der Waals surface area contributed by atoms with E-state index in [0.717, 1.165) is 30.5 Å². The van der Waals surface area contributed by atoms with Gasteiger partial charge in [-0.15, -0.1) is 0 Å².